The van der Waals surface area contributed by atoms with Crippen molar-refractivity contribution in [2.45, 2.75) is 311 Å². The maximum atomic E-state index is 13.4. The van der Waals surface area contributed by atoms with E-state index in [0.717, 1.165) is 83.5 Å². The number of aliphatic hydroxyl groups excluding tert-OH is 11. The summed E-state index contributed by atoms with van der Waals surface area (Å²) in [4.78, 5) is 13.4. The molecule has 87 heavy (non-hydrogen) atoms. The number of hydrogen-bond acceptors (Lipinski definition) is 18. The molecule has 0 radical (unpaired) electrons. The van der Waals surface area contributed by atoms with Crippen molar-refractivity contribution in [3.63, 3.8) is 0 Å². The first-order chi connectivity index (χ1) is 42.3. The second-order valence-electron chi connectivity index (χ2n) is 23.5. The fourth-order valence-corrected chi connectivity index (χ4v) is 10.8. The third kappa shape index (κ3) is 32.2. The summed E-state index contributed by atoms with van der Waals surface area (Å²) < 4.78 is 34.3. The number of aliphatic hydroxyl groups is 11. The minimum atomic E-state index is -1.99. The molecule has 0 aromatic carbocycles. The maximum absolute atomic E-state index is 13.4. The molecule has 3 fully saturated rings. The molecule has 3 aliphatic heterocycles. The highest BCUT2D eigenvalue weighted by molar-refractivity contribution is 5.76. The molecule has 0 aromatic heterocycles. The fourth-order valence-electron chi connectivity index (χ4n) is 10.8. The van der Waals surface area contributed by atoms with Crippen LogP contribution in [0.5, 0.6) is 0 Å². The Hall–Kier alpha value is -3.03. The van der Waals surface area contributed by atoms with Crippen molar-refractivity contribution in [3.05, 3.63) is 85.1 Å². The second kappa shape index (κ2) is 49.6. The van der Waals surface area contributed by atoms with E-state index in [2.05, 4.69) is 92.1 Å². The van der Waals surface area contributed by atoms with Crippen molar-refractivity contribution in [1.82, 2.24) is 5.32 Å². The van der Waals surface area contributed by atoms with Crippen LogP contribution < -0.4 is 5.32 Å². The van der Waals surface area contributed by atoms with Crippen molar-refractivity contribution in [3.8, 4) is 0 Å². The SMILES string of the molecule is CC/C=C\C/C=C\C/C=C\C/C=C\C/C=C\CCCCCCCC(=O)NC(COC1OC(CO)C(OC2OC(CO)C(OC3OC(CO)C(O)C(O)C3O)C(O)C2O)C(O)C1O)C(O)/C=C/CC/C=C/CCCCCCCCCCCCCCCCC. The van der Waals surface area contributed by atoms with Crippen LogP contribution in [0.15, 0.2) is 85.1 Å². The summed E-state index contributed by atoms with van der Waals surface area (Å²) >= 11 is 0. The van der Waals surface area contributed by atoms with Crippen molar-refractivity contribution >= 4 is 5.91 Å². The van der Waals surface area contributed by atoms with Crippen LogP contribution in [-0.4, -0.2) is 193 Å². The molecule has 12 N–H and O–H groups in total. The average molecular weight is 1240 g/mol. The number of amides is 1. The smallest absolute Gasteiger partial charge is 0.220 e. The van der Waals surface area contributed by atoms with Gasteiger partial charge in [-0.2, -0.15) is 0 Å². The summed E-state index contributed by atoms with van der Waals surface area (Å²) in [6, 6.07) is -1.01. The molecule has 3 heterocycles. The van der Waals surface area contributed by atoms with Gasteiger partial charge in [-0.15, -0.1) is 0 Å². The van der Waals surface area contributed by atoms with Gasteiger partial charge in [-0.3, -0.25) is 4.79 Å². The zero-order valence-electron chi connectivity index (χ0n) is 52.7. The minimum Gasteiger partial charge on any atom is -0.394 e. The highest BCUT2D eigenvalue weighted by atomic mass is 16.8. The second-order valence-corrected chi connectivity index (χ2v) is 23.5. The number of carbonyl (C=O) groups excluding carboxylic acids is 1. The van der Waals surface area contributed by atoms with Crippen molar-refractivity contribution in [1.29, 1.82) is 0 Å². The quantitative estimate of drug-likeness (QED) is 0.0203. The molecule has 1 amide bonds. The molecule has 17 unspecified atom stereocenters. The molecule has 3 saturated heterocycles. The van der Waals surface area contributed by atoms with E-state index >= 15 is 0 Å². The van der Waals surface area contributed by atoms with Crippen LogP contribution in [-0.2, 0) is 33.2 Å². The van der Waals surface area contributed by atoms with Gasteiger partial charge in [0.2, 0.25) is 5.91 Å². The largest absolute Gasteiger partial charge is 0.394 e. The molecule has 3 rings (SSSR count). The highest BCUT2D eigenvalue weighted by Crippen LogP contribution is 2.33. The lowest BCUT2D eigenvalue weighted by Gasteiger charge is -2.48. The molecule has 17 atom stereocenters. The van der Waals surface area contributed by atoms with Crippen LogP contribution in [0.4, 0.5) is 0 Å². The van der Waals surface area contributed by atoms with E-state index in [1.54, 1.807) is 6.08 Å². The molecule has 19 nitrogen and oxygen atoms in total. The first-order valence-electron chi connectivity index (χ1n) is 33.3. The van der Waals surface area contributed by atoms with E-state index < -0.39 is 124 Å². The Kier molecular flexibility index (Phi) is 44.6. The molecule has 0 saturated carbocycles. The standard InChI is InChI=1S/C68H117NO18/c1-3-5-7-9-11-13-15-17-19-21-23-25-27-29-31-33-35-37-39-41-43-45-52(73)51(69-56(74)46-44-42-40-38-36-34-32-30-28-26-24-22-20-18-16-14-12-10-8-6-4-2)50-82-66-62(80)59(77)64(54(48-71)84-66)87-68-63(81)60(78)65(55(49-72)85-68)86-67-61(79)58(76)57(75)53(47-70)83-67/h6,8,12,14,18,20,24,26,30,32,35,37,43,45,51-55,57-68,70-73,75-81H,3-5,7,9-11,13,15-17,19,21-23,25,27-29,31,33-34,36,38-42,44,46-50H2,1-2H3,(H,69,74)/b8-6-,14-12-,20-18-,26-24-,32-30-,37-35+,45-43+. The van der Waals surface area contributed by atoms with E-state index in [4.69, 9.17) is 28.4 Å². The van der Waals surface area contributed by atoms with Crippen LogP contribution in [0.3, 0.4) is 0 Å². The summed E-state index contributed by atoms with van der Waals surface area (Å²) in [6.07, 6.45) is 35.5. The molecule has 502 valence electrons. The number of allylic oxidation sites excluding steroid dienone is 13. The van der Waals surface area contributed by atoms with Crippen molar-refractivity contribution in [2.24, 2.45) is 0 Å². The summed E-state index contributed by atoms with van der Waals surface area (Å²) in [5.74, 6) is -0.307. The normalized spacial score (nSPS) is 29.1. The monoisotopic (exact) mass is 1240 g/mol. The maximum Gasteiger partial charge on any atom is 0.220 e. The van der Waals surface area contributed by atoms with Crippen LogP contribution in [0, 0.1) is 0 Å². The van der Waals surface area contributed by atoms with Gasteiger partial charge in [0, 0.05) is 6.42 Å². The Balaban J connectivity index is 1.49. The number of rotatable bonds is 49. The molecule has 19 heteroatoms. The van der Waals surface area contributed by atoms with Crippen LogP contribution in [0.1, 0.15) is 206 Å². The van der Waals surface area contributed by atoms with E-state index in [-0.39, 0.29) is 18.9 Å². The molecule has 0 aliphatic carbocycles. The van der Waals surface area contributed by atoms with E-state index in [0.29, 0.717) is 12.8 Å². The van der Waals surface area contributed by atoms with Gasteiger partial charge in [0.15, 0.2) is 18.9 Å². The number of ether oxygens (including phenoxy) is 6. The fraction of sp³-hybridized carbons (Fsp3) is 0.779. The van der Waals surface area contributed by atoms with Gasteiger partial charge >= 0.3 is 0 Å². The van der Waals surface area contributed by atoms with Gasteiger partial charge in [-0.25, -0.2) is 0 Å². The van der Waals surface area contributed by atoms with Gasteiger partial charge in [0.1, 0.15) is 73.2 Å². The average Bonchev–Trinajstić information content (AvgIpc) is 2.40. The lowest BCUT2D eigenvalue weighted by molar-refractivity contribution is -0.379. The molecular formula is C68H117NO18. The summed E-state index contributed by atoms with van der Waals surface area (Å²) in [5.41, 5.74) is 0. The predicted molar refractivity (Wildman–Crippen MR) is 337 cm³/mol. The van der Waals surface area contributed by atoms with Gasteiger partial charge in [0.25, 0.3) is 0 Å². The molecule has 0 spiro atoms. The van der Waals surface area contributed by atoms with Crippen LogP contribution >= 0.6 is 0 Å². The molecule has 3 aliphatic rings. The third-order valence-electron chi connectivity index (χ3n) is 16.2. The van der Waals surface area contributed by atoms with Crippen LogP contribution in [0.25, 0.3) is 0 Å². The first kappa shape index (κ1) is 78.2. The first-order valence-corrected chi connectivity index (χ1v) is 33.3. The minimum absolute atomic E-state index is 0.209. The van der Waals surface area contributed by atoms with Crippen LogP contribution in [0.2, 0.25) is 0 Å². The molecule has 0 bridgehead atoms. The topological polar surface area (TPSA) is 307 Å². The Morgan fingerprint density at radius 2 is 0.805 bits per heavy atom. The zero-order valence-corrected chi connectivity index (χ0v) is 52.7. The summed E-state index contributed by atoms with van der Waals surface area (Å²) in [7, 11) is 0. The number of unbranched alkanes of at least 4 members (excludes halogenated alkanes) is 21. The molecular weight excluding hydrogens is 1120 g/mol. The lowest BCUT2D eigenvalue weighted by Crippen LogP contribution is -2.66. The third-order valence-corrected chi connectivity index (χ3v) is 16.2. The van der Waals surface area contributed by atoms with Gasteiger partial charge in [-0.1, -0.05) is 208 Å². The lowest BCUT2D eigenvalue weighted by atomic mass is 9.96. The zero-order chi connectivity index (χ0) is 63.3. The summed E-state index contributed by atoms with van der Waals surface area (Å²) in [5, 5.41) is 120. The number of nitrogens with one attached hydrogen (secondary N) is 1. The van der Waals surface area contributed by atoms with Crippen molar-refractivity contribution in [2.75, 3.05) is 26.4 Å². The Labute approximate surface area is 520 Å². The van der Waals surface area contributed by atoms with E-state index in [9.17, 15) is 61.0 Å². The Morgan fingerprint density at radius 1 is 0.425 bits per heavy atom. The summed E-state index contributed by atoms with van der Waals surface area (Å²) in [6.45, 7) is 1.58. The number of carbonyl (C=O) groups is 1. The van der Waals surface area contributed by atoms with E-state index in [1.807, 2.05) is 6.08 Å². The van der Waals surface area contributed by atoms with Gasteiger partial charge < -0.3 is 89.9 Å². The predicted octanol–water partition coefficient (Wildman–Crippen LogP) is 7.93. The number of hydrogen-bond donors (Lipinski definition) is 12. The Morgan fingerprint density at radius 3 is 1.29 bits per heavy atom. The van der Waals surface area contributed by atoms with Gasteiger partial charge in [-0.05, 0) is 77.0 Å². The highest BCUT2D eigenvalue weighted by Gasteiger charge is 2.53. The van der Waals surface area contributed by atoms with Crippen molar-refractivity contribution < 1.29 is 89.4 Å². The van der Waals surface area contributed by atoms with Gasteiger partial charge in [0.05, 0.1) is 38.6 Å². The van der Waals surface area contributed by atoms with E-state index in [1.165, 1.54) is 89.9 Å². The Bertz CT molecular complexity index is 1910. The molecule has 0 aromatic rings.